The molecule has 0 spiro atoms. The second-order valence-electron chi connectivity index (χ2n) is 4.54. The predicted octanol–water partition coefficient (Wildman–Crippen LogP) is 3.15. The molecule has 2 nitrogen and oxygen atoms in total. The van der Waals surface area contributed by atoms with E-state index in [1.807, 2.05) is 24.4 Å². The van der Waals surface area contributed by atoms with Crippen LogP contribution in [0.2, 0.25) is 5.02 Å². The largest absolute Gasteiger partial charge is 0.320 e. The monoisotopic (exact) mass is 245 g/mol. The maximum absolute atomic E-state index is 11.4. The zero-order valence-electron chi connectivity index (χ0n) is 9.48. The summed E-state index contributed by atoms with van der Waals surface area (Å²) in [6, 6.07) is 9.23. The molecule has 0 bridgehead atoms. The Bertz CT molecular complexity index is 645. The molecule has 3 rings (SSSR count). The van der Waals surface area contributed by atoms with Crippen LogP contribution in [0, 0.1) is 0 Å². The number of pyridine rings is 1. The molecule has 0 N–H and O–H groups in total. The topological polar surface area (TPSA) is 22.0 Å². The maximum Gasteiger partial charge on any atom is 0.181 e. The van der Waals surface area contributed by atoms with Gasteiger partial charge in [0.1, 0.15) is 0 Å². The fourth-order valence-corrected chi connectivity index (χ4v) is 2.68. The molecule has 1 aromatic heterocycles. The first-order chi connectivity index (χ1) is 8.15. The van der Waals surface area contributed by atoms with Crippen LogP contribution in [0.15, 0.2) is 41.3 Å². The first-order valence-electron chi connectivity index (χ1n) is 5.66. The average molecular weight is 246 g/mol. The predicted molar refractivity (Wildman–Crippen MR) is 69.2 cm³/mol. The van der Waals surface area contributed by atoms with Crippen LogP contribution in [-0.2, 0) is 6.42 Å². The van der Waals surface area contributed by atoms with Gasteiger partial charge in [0.2, 0.25) is 0 Å². The van der Waals surface area contributed by atoms with E-state index in [0.29, 0.717) is 5.92 Å². The summed E-state index contributed by atoms with van der Waals surface area (Å²) >= 11 is 6.02. The van der Waals surface area contributed by atoms with E-state index in [1.54, 1.807) is 12.1 Å². The van der Waals surface area contributed by atoms with Gasteiger partial charge in [-0.2, -0.15) is 0 Å². The summed E-state index contributed by atoms with van der Waals surface area (Å²) in [5.41, 5.74) is 3.51. The molecule has 86 valence electrons. The molecule has 1 aliphatic heterocycles. The summed E-state index contributed by atoms with van der Waals surface area (Å²) in [5.74, 6) is 0.342. The smallest absolute Gasteiger partial charge is 0.181 e. The van der Waals surface area contributed by atoms with Gasteiger partial charge >= 0.3 is 0 Å². The molecule has 0 aliphatic carbocycles. The summed E-state index contributed by atoms with van der Waals surface area (Å²) in [6.07, 6.45) is 2.78. The van der Waals surface area contributed by atoms with Gasteiger partial charge < -0.3 is 4.57 Å². The van der Waals surface area contributed by atoms with E-state index in [2.05, 4.69) is 11.5 Å². The van der Waals surface area contributed by atoms with Gasteiger partial charge in [-0.15, -0.1) is 0 Å². The van der Waals surface area contributed by atoms with Crippen molar-refractivity contribution in [2.75, 3.05) is 0 Å². The van der Waals surface area contributed by atoms with E-state index in [1.165, 1.54) is 5.56 Å². The van der Waals surface area contributed by atoms with E-state index < -0.39 is 0 Å². The van der Waals surface area contributed by atoms with Gasteiger partial charge in [0.15, 0.2) is 5.43 Å². The van der Waals surface area contributed by atoms with Crippen molar-refractivity contribution in [2.45, 2.75) is 19.3 Å². The minimum absolute atomic E-state index is 0.0699. The molecule has 0 fully saturated rings. The highest BCUT2D eigenvalue weighted by Crippen LogP contribution is 2.32. The Morgan fingerprint density at radius 2 is 2.12 bits per heavy atom. The van der Waals surface area contributed by atoms with Crippen LogP contribution in [-0.4, -0.2) is 4.57 Å². The van der Waals surface area contributed by atoms with Crippen LogP contribution in [0.5, 0.6) is 0 Å². The lowest BCUT2D eigenvalue weighted by Crippen LogP contribution is -2.19. The van der Waals surface area contributed by atoms with Crippen LogP contribution in [0.3, 0.4) is 0 Å². The van der Waals surface area contributed by atoms with E-state index in [9.17, 15) is 4.79 Å². The molecular formula is C14H12ClNO. The molecular weight excluding hydrogens is 234 g/mol. The third-order valence-corrected chi connectivity index (χ3v) is 3.52. The number of hydrogen-bond donors (Lipinski definition) is 0. The van der Waals surface area contributed by atoms with Crippen LogP contribution >= 0.6 is 11.6 Å². The van der Waals surface area contributed by atoms with Gasteiger partial charge in [-0.05, 0) is 30.2 Å². The quantitative estimate of drug-likeness (QED) is 0.699. The lowest BCUT2D eigenvalue weighted by molar-refractivity contribution is 0.664. The molecule has 1 aromatic carbocycles. The van der Waals surface area contributed by atoms with Crippen molar-refractivity contribution in [1.82, 2.24) is 4.57 Å². The van der Waals surface area contributed by atoms with Gasteiger partial charge in [-0.1, -0.05) is 18.5 Å². The van der Waals surface area contributed by atoms with Gasteiger partial charge in [0.25, 0.3) is 0 Å². The van der Waals surface area contributed by atoms with E-state index in [4.69, 9.17) is 11.6 Å². The molecule has 2 aromatic rings. The Hall–Kier alpha value is -1.54. The summed E-state index contributed by atoms with van der Waals surface area (Å²) in [6.45, 7) is 2.13. The maximum atomic E-state index is 11.4. The first-order valence-corrected chi connectivity index (χ1v) is 6.04. The Morgan fingerprint density at radius 3 is 2.94 bits per heavy atom. The lowest BCUT2D eigenvalue weighted by Gasteiger charge is -2.27. The zero-order valence-corrected chi connectivity index (χ0v) is 10.2. The number of rotatable bonds is 0. The van der Waals surface area contributed by atoms with Crippen molar-refractivity contribution < 1.29 is 0 Å². The highest BCUT2D eigenvalue weighted by atomic mass is 35.5. The van der Waals surface area contributed by atoms with Gasteiger partial charge in [0, 0.05) is 40.7 Å². The minimum atomic E-state index is 0.0699. The second-order valence-corrected chi connectivity index (χ2v) is 4.97. The molecule has 1 atom stereocenters. The highest BCUT2D eigenvalue weighted by molar-refractivity contribution is 6.30. The van der Waals surface area contributed by atoms with Crippen LogP contribution in [0.25, 0.3) is 5.69 Å². The van der Waals surface area contributed by atoms with Crippen LogP contribution < -0.4 is 5.43 Å². The lowest BCUT2D eigenvalue weighted by atomic mass is 9.92. The third kappa shape index (κ3) is 1.69. The number of halogens is 1. The molecule has 0 radical (unpaired) electrons. The second kappa shape index (κ2) is 3.74. The Morgan fingerprint density at radius 1 is 1.29 bits per heavy atom. The Balaban J connectivity index is 2.30. The van der Waals surface area contributed by atoms with Crippen molar-refractivity contribution >= 4 is 11.6 Å². The van der Waals surface area contributed by atoms with E-state index >= 15 is 0 Å². The summed E-state index contributed by atoms with van der Waals surface area (Å²) < 4.78 is 2.08. The fourth-order valence-electron chi connectivity index (χ4n) is 2.48. The number of fused-ring (bicyclic) bond motifs is 3. The minimum Gasteiger partial charge on any atom is -0.320 e. The number of aromatic nitrogens is 1. The van der Waals surface area contributed by atoms with Crippen LogP contribution in [0.1, 0.15) is 24.1 Å². The summed E-state index contributed by atoms with van der Waals surface area (Å²) in [4.78, 5) is 11.4. The molecule has 2 heterocycles. The average Bonchev–Trinajstić information content (AvgIpc) is 2.29. The molecule has 0 unspecified atom stereocenters. The normalized spacial score (nSPS) is 17.4. The highest BCUT2D eigenvalue weighted by Gasteiger charge is 2.20. The Labute approximate surface area is 104 Å². The SMILES string of the molecule is C[C@H]1Cc2cc(Cl)ccc2-n2ccc(=O)cc21. The number of hydrogen-bond acceptors (Lipinski definition) is 1. The van der Waals surface area contributed by atoms with Crippen molar-refractivity contribution in [3.8, 4) is 5.69 Å². The van der Waals surface area contributed by atoms with Crippen molar-refractivity contribution in [3.63, 3.8) is 0 Å². The van der Waals surface area contributed by atoms with Gasteiger partial charge in [0.05, 0.1) is 0 Å². The molecule has 3 heteroatoms. The van der Waals surface area contributed by atoms with Crippen LogP contribution in [0.4, 0.5) is 0 Å². The zero-order chi connectivity index (χ0) is 12.0. The number of benzene rings is 1. The first kappa shape index (κ1) is 10.6. The fraction of sp³-hybridized carbons (Fsp3) is 0.214. The Kier molecular flexibility index (Phi) is 2.33. The summed E-state index contributed by atoms with van der Waals surface area (Å²) in [5, 5.41) is 0.764. The van der Waals surface area contributed by atoms with Crippen molar-refractivity contribution in [1.29, 1.82) is 0 Å². The third-order valence-electron chi connectivity index (χ3n) is 3.29. The molecule has 0 saturated heterocycles. The van der Waals surface area contributed by atoms with E-state index in [-0.39, 0.29) is 5.43 Å². The molecule has 0 amide bonds. The molecule has 0 saturated carbocycles. The van der Waals surface area contributed by atoms with Gasteiger partial charge in [-0.25, -0.2) is 0 Å². The standard InChI is InChI=1S/C14H12ClNO/c1-9-6-10-7-11(15)2-3-13(10)16-5-4-12(17)8-14(9)16/h2-5,7-9H,6H2,1H3/t9-/m0/s1. The van der Waals surface area contributed by atoms with E-state index in [0.717, 1.165) is 22.8 Å². The number of nitrogens with zero attached hydrogens (tertiary/aromatic N) is 1. The van der Waals surface area contributed by atoms with Crippen molar-refractivity contribution in [3.05, 3.63) is 63.0 Å². The molecule has 17 heavy (non-hydrogen) atoms. The molecule has 1 aliphatic rings. The van der Waals surface area contributed by atoms with Crippen molar-refractivity contribution in [2.24, 2.45) is 0 Å². The summed E-state index contributed by atoms with van der Waals surface area (Å²) in [7, 11) is 0. The van der Waals surface area contributed by atoms with Gasteiger partial charge in [-0.3, -0.25) is 4.79 Å².